The third-order valence-electron chi connectivity index (χ3n) is 6.54. The average Bonchev–Trinajstić information content (AvgIpc) is 3.46. The quantitative estimate of drug-likeness (QED) is 0.342. The fourth-order valence-corrected chi connectivity index (χ4v) is 5.24. The number of amides is 1. The minimum atomic E-state index is -0.395. The molecule has 7 nitrogen and oxygen atoms in total. The summed E-state index contributed by atoms with van der Waals surface area (Å²) in [6, 6.07) is 13.1. The van der Waals surface area contributed by atoms with Gasteiger partial charge in [0.05, 0.1) is 11.6 Å². The van der Waals surface area contributed by atoms with Crippen LogP contribution in [0.2, 0.25) is 10.0 Å². The fraction of sp³-hybridized carbons (Fsp3) is 0.407. The lowest BCUT2D eigenvalue weighted by Gasteiger charge is -2.35. The SMILES string of the molecule is CC(=O)Nc1ccc(NC2(c3nnnn3C(C=Cc3ccc(Cl)cc3Cl)C(C)(C)C)CCCC2)cc1. The Morgan fingerprint density at radius 2 is 1.75 bits per heavy atom. The molecule has 0 aliphatic heterocycles. The van der Waals surface area contributed by atoms with E-state index in [2.05, 4.69) is 53.0 Å². The second kappa shape index (κ2) is 10.6. The molecule has 3 aromatic rings. The number of carbonyl (C=O) groups excluding carboxylic acids is 1. The molecule has 1 atom stereocenters. The van der Waals surface area contributed by atoms with Crippen molar-refractivity contribution in [2.45, 2.75) is 65.0 Å². The predicted octanol–water partition coefficient (Wildman–Crippen LogP) is 7.12. The molecular formula is C27H32Cl2N6O. The molecule has 1 amide bonds. The Hall–Kier alpha value is -2.90. The van der Waals surface area contributed by atoms with E-state index in [1.165, 1.54) is 6.92 Å². The predicted molar refractivity (Wildman–Crippen MR) is 146 cm³/mol. The van der Waals surface area contributed by atoms with E-state index in [1.54, 1.807) is 6.07 Å². The lowest BCUT2D eigenvalue weighted by molar-refractivity contribution is -0.114. The van der Waals surface area contributed by atoms with Crippen LogP contribution in [0.1, 0.15) is 70.8 Å². The van der Waals surface area contributed by atoms with Crippen LogP contribution in [0.5, 0.6) is 0 Å². The molecule has 36 heavy (non-hydrogen) atoms. The highest BCUT2D eigenvalue weighted by Crippen LogP contribution is 2.43. The zero-order valence-corrected chi connectivity index (χ0v) is 22.6. The standard InChI is InChI=1S/C27H32Cl2N6O/c1-18(36)30-21-10-12-22(13-11-21)31-27(15-5-6-16-27)25-32-33-34-35(25)24(26(2,3)4)14-8-19-7-9-20(28)17-23(19)29/h7-14,17,24,31H,5-6,15-16H2,1-4H3,(H,30,36). The lowest BCUT2D eigenvalue weighted by Crippen LogP contribution is -2.38. The summed E-state index contributed by atoms with van der Waals surface area (Å²) in [6.07, 6.45) is 8.13. The molecule has 2 N–H and O–H groups in total. The van der Waals surface area contributed by atoms with Crippen molar-refractivity contribution in [3.63, 3.8) is 0 Å². The van der Waals surface area contributed by atoms with Crippen molar-refractivity contribution in [2.24, 2.45) is 5.41 Å². The van der Waals surface area contributed by atoms with Crippen LogP contribution < -0.4 is 10.6 Å². The zero-order chi connectivity index (χ0) is 25.9. The van der Waals surface area contributed by atoms with Crippen molar-refractivity contribution in [3.8, 4) is 0 Å². The Kier molecular flexibility index (Phi) is 7.71. The van der Waals surface area contributed by atoms with E-state index in [9.17, 15) is 4.79 Å². The number of anilines is 2. The molecule has 0 spiro atoms. The third-order valence-corrected chi connectivity index (χ3v) is 7.10. The van der Waals surface area contributed by atoms with Gasteiger partial charge >= 0.3 is 0 Å². The molecule has 1 saturated carbocycles. The molecular weight excluding hydrogens is 495 g/mol. The number of nitrogens with zero attached hydrogens (tertiary/aromatic N) is 4. The molecule has 4 rings (SSSR count). The maximum atomic E-state index is 11.4. The summed E-state index contributed by atoms with van der Waals surface area (Å²) < 4.78 is 1.95. The summed E-state index contributed by atoms with van der Waals surface area (Å²) in [5.41, 5.74) is 2.04. The molecule has 190 valence electrons. The Morgan fingerprint density at radius 3 is 2.36 bits per heavy atom. The Bertz CT molecular complexity index is 1240. The molecule has 1 unspecified atom stereocenters. The minimum Gasteiger partial charge on any atom is -0.373 e. The normalized spacial score (nSPS) is 16.3. The summed E-state index contributed by atoms with van der Waals surface area (Å²) in [5, 5.41) is 20.9. The van der Waals surface area contributed by atoms with Crippen molar-refractivity contribution in [2.75, 3.05) is 10.6 Å². The molecule has 1 aromatic heterocycles. The molecule has 2 aromatic carbocycles. The first-order chi connectivity index (χ1) is 17.1. The largest absolute Gasteiger partial charge is 0.373 e. The van der Waals surface area contributed by atoms with E-state index in [4.69, 9.17) is 23.2 Å². The van der Waals surface area contributed by atoms with Crippen LogP contribution in [-0.4, -0.2) is 26.1 Å². The van der Waals surface area contributed by atoms with Gasteiger partial charge in [0.1, 0.15) is 0 Å². The van der Waals surface area contributed by atoms with E-state index in [0.29, 0.717) is 10.0 Å². The highest BCUT2D eigenvalue weighted by atomic mass is 35.5. The number of hydrogen-bond donors (Lipinski definition) is 2. The summed E-state index contributed by atoms with van der Waals surface area (Å²) in [7, 11) is 0. The lowest BCUT2D eigenvalue weighted by atomic mass is 9.85. The topological polar surface area (TPSA) is 84.7 Å². The monoisotopic (exact) mass is 526 g/mol. The number of aromatic nitrogens is 4. The first-order valence-corrected chi connectivity index (χ1v) is 12.9. The summed E-state index contributed by atoms with van der Waals surface area (Å²) >= 11 is 12.5. The molecule has 1 aliphatic carbocycles. The zero-order valence-electron chi connectivity index (χ0n) is 21.1. The minimum absolute atomic E-state index is 0.0942. The van der Waals surface area contributed by atoms with Gasteiger partial charge in [-0.3, -0.25) is 4.79 Å². The number of carbonyl (C=O) groups is 1. The van der Waals surface area contributed by atoms with Crippen LogP contribution in [0, 0.1) is 5.41 Å². The van der Waals surface area contributed by atoms with E-state index < -0.39 is 5.54 Å². The van der Waals surface area contributed by atoms with Gasteiger partial charge in [-0.05, 0) is 70.6 Å². The van der Waals surface area contributed by atoms with Crippen LogP contribution >= 0.6 is 23.2 Å². The maximum Gasteiger partial charge on any atom is 0.221 e. The van der Waals surface area contributed by atoms with Gasteiger partial charge in [0.25, 0.3) is 0 Å². The van der Waals surface area contributed by atoms with Gasteiger partial charge in [-0.2, -0.15) is 0 Å². The highest BCUT2D eigenvalue weighted by Gasteiger charge is 2.42. The Balaban J connectivity index is 1.68. The van der Waals surface area contributed by atoms with Crippen LogP contribution in [0.4, 0.5) is 11.4 Å². The molecule has 1 heterocycles. The smallest absolute Gasteiger partial charge is 0.221 e. The average molecular weight is 528 g/mol. The maximum absolute atomic E-state index is 11.4. The first kappa shape index (κ1) is 26.2. The number of nitrogens with one attached hydrogen (secondary N) is 2. The number of benzene rings is 2. The second-order valence-electron chi connectivity index (χ2n) is 10.5. The second-order valence-corrected chi connectivity index (χ2v) is 11.3. The van der Waals surface area contributed by atoms with Gasteiger partial charge in [-0.25, -0.2) is 4.68 Å². The van der Waals surface area contributed by atoms with Gasteiger partial charge in [0, 0.05) is 28.3 Å². The number of allylic oxidation sites excluding steroid dienone is 1. The molecule has 0 saturated heterocycles. The summed E-state index contributed by atoms with van der Waals surface area (Å²) in [6.45, 7) is 8.02. The summed E-state index contributed by atoms with van der Waals surface area (Å²) in [5.74, 6) is 0.723. The van der Waals surface area contributed by atoms with Crippen molar-refractivity contribution in [1.29, 1.82) is 0 Å². The van der Waals surface area contributed by atoms with Crippen LogP contribution in [0.15, 0.2) is 48.5 Å². The van der Waals surface area contributed by atoms with E-state index in [0.717, 1.165) is 48.4 Å². The van der Waals surface area contributed by atoms with Gasteiger partial charge in [0.15, 0.2) is 5.82 Å². The van der Waals surface area contributed by atoms with Crippen LogP contribution in [0.25, 0.3) is 6.08 Å². The van der Waals surface area contributed by atoms with Gasteiger partial charge < -0.3 is 10.6 Å². The molecule has 1 fully saturated rings. The number of tetrazole rings is 1. The van der Waals surface area contributed by atoms with Crippen molar-refractivity contribution in [3.05, 3.63) is 70.0 Å². The van der Waals surface area contributed by atoms with Gasteiger partial charge in [-0.1, -0.05) is 75.0 Å². The van der Waals surface area contributed by atoms with E-state index >= 15 is 0 Å². The third kappa shape index (κ3) is 5.90. The Labute approximate surface area is 222 Å². The van der Waals surface area contributed by atoms with E-state index in [-0.39, 0.29) is 17.4 Å². The number of hydrogen-bond acceptors (Lipinski definition) is 5. The summed E-state index contributed by atoms with van der Waals surface area (Å²) in [4.78, 5) is 11.4. The molecule has 9 heteroatoms. The molecule has 0 radical (unpaired) electrons. The van der Waals surface area contributed by atoms with Crippen molar-refractivity contribution >= 4 is 46.6 Å². The molecule has 1 aliphatic rings. The van der Waals surface area contributed by atoms with E-state index in [1.807, 2.05) is 47.2 Å². The molecule has 0 bridgehead atoms. The fourth-order valence-electron chi connectivity index (χ4n) is 4.76. The Morgan fingerprint density at radius 1 is 1.08 bits per heavy atom. The number of halogens is 2. The van der Waals surface area contributed by atoms with Crippen LogP contribution in [-0.2, 0) is 10.3 Å². The number of rotatable bonds is 7. The first-order valence-electron chi connectivity index (χ1n) is 12.1. The highest BCUT2D eigenvalue weighted by molar-refractivity contribution is 6.35. The van der Waals surface area contributed by atoms with Crippen molar-refractivity contribution in [1.82, 2.24) is 20.2 Å². The van der Waals surface area contributed by atoms with Gasteiger partial charge in [0.2, 0.25) is 5.91 Å². The van der Waals surface area contributed by atoms with Crippen molar-refractivity contribution < 1.29 is 4.79 Å². The van der Waals surface area contributed by atoms with Crippen LogP contribution in [0.3, 0.4) is 0 Å². The van der Waals surface area contributed by atoms with Gasteiger partial charge in [-0.15, -0.1) is 5.10 Å².